The lowest BCUT2D eigenvalue weighted by atomic mass is 10.3. The van der Waals surface area contributed by atoms with Crippen molar-refractivity contribution in [3.63, 3.8) is 0 Å². The number of aromatic nitrogens is 1. The first-order valence-corrected chi connectivity index (χ1v) is 6.69. The van der Waals surface area contributed by atoms with Crippen molar-refractivity contribution in [2.75, 3.05) is 13.6 Å². The van der Waals surface area contributed by atoms with Gasteiger partial charge in [-0.05, 0) is 19.2 Å². The molecule has 17 heavy (non-hydrogen) atoms. The molecule has 0 aliphatic carbocycles. The van der Waals surface area contributed by atoms with E-state index in [0.717, 1.165) is 30.0 Å². The topological polar surface area (TPSA) is 42.1 Å². The number of para-hydroxylation sites is 1. The Morgan fingerprint density at radius 3 is 2.94 bits per heavy atom. The van der Waals surface area contributed by atoms with Gasteiger partial charge in [0.25, 0.3) is 0 Å². The van der Waals surface area contributed by atoms with Gasteiger partial charge in [-0.2, -0.15) is 0 Å². The summed E-state index contributed by atoms with van der Waals surface area (Å²) in [5.41, 5.74) is 6.57. The lowest BCUT2D eigenvalue weighted by Gasteiger charge is -2.13. The van der Waals surface area contributed by atoms with E-state index in [0.29, 0.717) is 4.99 Å². The summed E-state index contributed by atoms with van der Waals surface area (Å²) in [5.74, 6) is 0. The van der Waals surface area contributed by atoms with E-state index >= 15 is 0 Å². The lowest BCUT2D eigenvalue weighted by molar-refractivity contribution is 0.337. The maximum Gasteiger partial charge on any atom is 0.108 e. The number of fused-ring (bicyclic) bond motifs is 1. The highest BCUT2D eigenvalue weighted by atomic mass is 32.1. The zero-order chi connectivity index (χ0) is 12.3. The van der Waals surface area contributed by atoms with Crippen molar-refractivity contribution in [1.29, 1.82) is 0 Å². The molecule has 1 aromatic heterocycles. The van der Waals surface area contributed by atoms with Gasteiger partial charge in [-0.1, -0.05) is 24.4 Å². The summed E-state index contributed by atoms with van der Waals surface area (Å²) < 4.78 is 1.24. The third-order valence-electron chi connectivity index (χ3n) is 2.48. The van der Waals surface area contributed by atoms with E-state index in [2.05, 4.69) is 23.0 Å². The molecule has 0 atom stereocenters. The number of hydrogen-bond acceptors (Lipinski definition) is 4. The summed E-state index contributed by atoms with van der Waals surface area (Å²) in [6.45, 7) is 1.73. The number of benzene rings is 1. The van der Waals surface area contributed by atoms with Gasteiger partial charge < -0.3 is 5.73 Å². The average molecular weight is 265 g/mol. The molecule has 0 spiro atoms. The van der Waals surface area contributed by atoms with Crippen LogP contribution < -0.4 is 5.73 Å². The van der Waals surface area contributed by atoms with Crippen molar-refractivity contribution >= 4 is 38.8 Å². The Hall–Kier alpha value is -1.04. The van der Waals surface area contributed by atoms with Gasteiger partial charge >= 0.3 is 0 Å². The highest BCUT2D eigenvalue weighted by Crippen LogP contribution is 2.22. The molecule has 2 rings (SSSR count). The summed E-state index contributed by atoms with van der Waals surface area (Å²) >= 11 is 6.61. The van der Waals surface area contributed by atoms with E-state index in [1.165, 1.54) is 4.70 Å². The molecule has 0 saturated heterocycles. The Labute approximate surface area is 110 Å². The molecule has 5 heteroatoms. The minimum Gasteiger partial charge on any atom is -0.393 e. The van der Waals surface area contributed by atoms with Gasteiger partial charge in [-0.25, -0.2) is 4.98 Å². The van der Waals surface area contributed by atoms with E-state index in [1.54, 1.807) is 11.3 Å². The SMILES string of the molecule is CN(CCC(N)=S)Cc1nc2ccccc2s1. The second kappa shape index (κ2) is 5.53. The fourth-order valence-electron chi connectivity index (χ4n) is 1.60. The van der Waals surface area contributed by atoms with Gasteiger partial charge in [0, 0.05) is 13.0 Å². The standard InChI is InChI=1S/C12H15N3S2/c1-15(7-6-11(13)16)8-12-14-9-4-2-3-5-10(9)17-12/h2-5H,6-8H2,1H3,(H2,13,16). The van der Waals surface area contributed by atoms with Crippen LogP contribution in [0.5, 0.6) is 0 Å². The van der Waals surface area contributed by atoms with E-state index in [9.17, 15) is 0 Å². The Balaban J connectivity index is 2.00. The van der Waals surface area contributed by atoms with E-state index in [1.807, 2.05) is 18.2 Å². The lowest BCUT2D eigenvalue weighted by Crippen LogP contribution is -2.23. The minimum absolute atomic E-state index is 0.571. The highest BCUT2D eigenvalue weighted by molar-refractivity contribution is 7.80. The van der Waals surface area contributed by atoms with Gasteiger partial charge in [-0.3, -0.25) is 4.90 Å². The van der Waals surface area contributed by atoms with Gasteiger partial charge in [0.1, 0.15) is 5.01 Å². The summed E-state index contributed by atoms with van der Waals surface area (Å²) in [6, 6.07) is 8.21. The van der Waals surface area contributed by atoms with Gasteiger partial charge in [0.2, 0.25) is 0 Å². The van der Waals surface area contributed by atoms with Crippen molar-refractivity contribution in [3.8, 4) is 0 Å². The fraction of sp³-hybridized carbons (Fsp3) is 0.333. The predicted molar refractivity (Wildman–Crippen MR) is 77.4 cm³/mol. The molecule has 0 aliphatic heterocycles. The largest absolute Gasteiger partial charge is 0.393 e. The van der Waals surface area contributed by atoms with Crippen LogP contribution in [-0.2, 0) is 6.54 Å². The van der Waals surface area contributed by atoms with Crippen molar-refractivity contribution in [2.45, 2.75) is 13.0 Å². The number of nitrogens with zero attached hydrogens (tertiary/aromatic N) is 2. The number of thiocarbonyl (C=S) groups is 1. The molecular formula is C12H15N3S2. The second-order valence-corrected chi connectivity index (χ2v) is 5.67. The van der Waals surface area contributed by atoms with Crippen molar-refractivity contribution in [1.82, 2.24) is 9.88 Å². The number of hydrogen-bond donors (Lipinski definition) is 1. The summed E-state index contributed by atoms with van der Waals surface area (Å²) in [7, 11) is 2.06. The van der Waals surface area contributed by atoms with Gasteiger partial charge in [0.15, 0.2) is 0 Å². The molecule has 2 N–H and O–H groups in total. The van der Waals surface area contributed by atoms with Crippen LogP contribution in [-0.4, -0.2) is 28.5 Å². The molecule has 90 valence electrons. The molecule has 0 radical (unpaired) electrons. The molecule has 0 unspecified atom stereocenters. The monoisotopic (exact) mass is 265 g/mol. The maximum atomic E-state index is 5.49. The van der Waals surface area contributed by atoms with Gasteiger partial charge in [0.05, 0.1) is 21.7 Å². The van der Waals surface area contributed by atoms with E-state index in [4.69, 9.17) is 18.0 Å². The van der Waals surface area contributed by atoms with E-state index < -0.39 is 0 Å². The van der Waals surface area contributed by atoms with Crippen molar-refractivity contribution in [2.24, 2.45) is 5.73 Å². The van der Waals surface area contributed by atoms with Crippen molar-refractivity contribution < 1.29 is 0 Å². The third kappa shape index (κ3) is 3.46. The summed E-state index contributed by atoms with van der Waals surface area (Å²) in [4.78, 5) is 7.35. The number of thiazole rings is 1. The highest BCUT2D eigenvalue weighted by Gasteiger charge is 2.06. The van der Waals surface area contributed by atoms with Crippen LogP contribution in [0.3, 0.4) is 0 Å². The molecule has 3 nitrogen and oxygen atoms in total. The molecule has 0 fully saturated rings. The Morgan fingerprint density at radius 2 is 2.24 bits per heavy atom. The average Bonchev–Trinajstić information content (AvgIpc) is 2.68. The third-order valence-corrected chi connectivity index (χ3v) is 3.71. The second-order valence-electron chi connectivity index (χ2n) is 4.03. The molecule has 0 saturated carbocycles. The smallest absolute Gasteiger partial charge is 0.108 e. The molecule has 0 amide bonds. The fourth-order valence-corrected chi connectivity index (χ4v) is 2.74. The van der Waals surface area contributed by atoms with Crippen LogP contribution >= 0.6 is 23.6 Å². The first-order chi connectivity index (χ1) is 8.15. The first kappa shape index (κ1) is 12.4. The van der Waals surface area contributed by atoms with Crippen LogP contribution in [0.25, 0.3) is 10.2 Å². The number of nitrogens with two attached hydrogens (primary N) is 1. The van der Waals surface area contributed by atoms with Crippen molar-refractivity contribution in [3.05, 3.63) is 29.3 Å². The Bertz CT molecular complexity index is 488. The predicted octanol–water partition coefficient (Wildman–Crippen LogP) is 2.40. The molecule has 2 aromatic rings. The van der Waals surface area contributed by atoms with Crippen LogP contribution in [0.15, 0.2) is 24.3 Å². The van der Waals surface area contributed by atoms with Crippen LogP contribution in [0.4, 0.5) is 0 Å². The molecule has 0 bridgehead atoms. The zero-order valence-corrected chi connectivity index (χ0v) is 11.4. The van der Waals surface area contributed by atoms with Crippen LogP contribution in [0, 0.1) is 0 Å². The first-order valence-electron chi connectivity index (χ1n) is 5.46. The Morgan fingerprint density at radius 1 is 1.47 bits per heavy atom. The molecular weight excluding hydrogens is 250 g/mol. The number of rotatable bonds is 5. The quantitative estimate of drug-likeness (QED) is 0.843. The Kier molecular flexibility index (Phi) is 4.04. The van der Waals surface area contributed by atoms with Crippen LogP contribution in [0.1, 0.15) is 11.4 Å². The van der Waals surface area contributed by atoms with Gasteiger partial charge in [-0.15, -0.1) is 11.3 Å². The maximum absolute atomic E-state index is 5.49. The normalized spacial score (nSPS) is 11.2. The molecule has 0 aliphatic rings. The van der Waals surface area contributed by atoms with E-state index in [-0.39, 0.29) is 0 Å². The zero-order valence-electron chi connectivity index (χ0n) is 9.72. The molecule has 1 aromatic carbocycles. The van der Waals surface area contributed by atoms with Crippen LogP contribution in [0.2, 0.25) is 0 Å². The minimum atomic E-state index is 0.571. The summed E-state index contributed by atoms with van der Waals surface area (Å²) in [6.07, 6.45) is 0.761. The summed E-state index contributed by atoms with van der Waals surface area (Å²) in [5, 5.41) is 1.14. The molecule has 1 heterocycles.